The summed E-state index contributed by atoms with van der Waals surface area (Å²) in [6.07, 6.45) is 0. The molecule has 2 aromatic heterocycles. The van der Waals surface area contributed by atoms with Gasteiger partial charge < -0.3 is 15.3 Å². The van der Waals surface area contributed by atoms with E-state index in [2.05, 4.69) is 26.1 Å². The summed E-state index contributed by atoms with van der Waals surface area (Å²) in [5, 5.41) is 13.8. The van der Waals surface area contributed by atoms with Gasteiger partial charge in [0.05, 0.1) is 6.54 Å². The summed E-state index contributed by atoms with van der Waals surface area (Å²) in [7, 11) is 0. The van der Waals surface area contributed by atoms with Crippen LogP contribution in [-0.4, -0.2) is 21.3 Å². The van der Waals surface area contributed by atoms with Crippen molar-refractivity contribution in [1.82, 2.24) is 20.7 Å². The number of nitrogens with zero attached hydrogens (tertiary/aromatic N) is 3. The zero-order valence-electron chi connectivity index (χ0n) is 9.67. The molecular weight excluding hydrogens is 236 g/mol. The molecule has 2 heterocycles. The average molecular weight is 248 g/mol. The van der Waals surface area contributed by atoms with Gasteiger partial charge in [-0.15, -0.1) is 10.2 Å². The number of hydrogen-bond acceptors (Lipinski definition) is 7. The van der Waals surface area contributed by atoms with Crippen molar-refractivity contribution in [3.05, 3.63) is 35.3 Å². The van der Waals surface area contributed by atoms with Crippen LogP contribution in [0.5, 0.6) is 0 Å². The van der Waals surface area contributed by atoms with Crippen molar-refractivity contribution >= 4 is 11.7 Å². The lowest BCUT2D eigenvalue weighted by molar-refractivity contribution is 0.0944. The van der Waals surface area contributed by atoms with E-state index in [0.717, 1.165) is 0 Å². The first-order chi connectivity index (χ1) is 8.69. The smallest absolute Gasteiger partial charge is 0.272 e. The van der Waals surface area contributed by atoms with Gasteiger partial charge in [-0.3, -0.25) is 4.79 Å². The highest BCUT2D eigenvalue weighted by Crippen LogP contribution is 2.02. The van der Waals surface area contributed by atoms with Gasteiger partial charge in [0.25, 0.3) is 5.91 Å². The van der Waals surface area contributed by atoms with Gasteiger partial charge in [0.1, 0.15) is 11.5 Å². The van der Waals surface area contributed by atoms with Crippen LogP contribution in [-0.2, 0) is 6.54 Å². The maximum absolute atomic E-state index is 11.7. The molecule has 94 valence electrons. The van der Waals surface area contributed by atoms with Gasteiger partial charge in [-0.05, 0) is 19.1 Å². The Labute approximate surface area is 103 Å². The summed E-state index contributed by atoms with van der Waals surface area (Å²) < 4.78 is 4.88. The highest BCUT2D eigenvalue weighted by Gasteiger charge is 2.09. The Bertz CT molecular complexity index is 536. The van der Waals surface area contributed by atoms with Crippen LogP contribution in [0.2, 0.25) is 0 Å². The lowest BCUT2D eigenvalue weighted by Crippen LogP contribution is -2.24. The van der Waals surface area contributed by atoms with Gasteiger partial charge in [0.2, 0.25) is 0 Å². The van der Waals surface area contributed by atoms with E-state index in [0.29, 0.717) is 17.3 Å². The van der Waals surface area contributed by atoms with Gasteiger partial charge in [0.15, 0.2) is 11.5 Å². The molecule has 0 atom stereocenters. The van der Waals surface area contributed by atoms with Crippen LogP contribution >= 0.6 is 0 Å². The summed E-state index contributed by atoms with van der Waals surface area (Å²) in [5.74, 6) is 5.88. The van der Waals surface area contributed by atoms with Crippen molar-refractivity contribution < 1.29 is 9.32 Å². The predicted molar refractivity (Wildman–Crippen MR) is 62.3 cm³/mol. The number of amides is 1. The minimum absolute atomic E-state index is 0.203. The zero-order chi connectivity index (χ0) is 13.0. The second-order valence-electron chi connectivity index (χ2n) is 3.56. The Morgan fingerprint density at radius 1 is 1.44 bits per heavy atom. The van der Waals surface area contributed by atoms with Crippen LogP contribution in [0.3, 0.4) is 0 Å². The molecule has 0 saturated heterocycles. The molecule has 18 heavy (non-hydrogen) atoms. The lowest BCUT2D eigenvalue weighted by Gasteiger charge is -2.02. The molecule has 0 aliphatic carbocycles. The number of hydrazine groups is 1. The van der Waals surface area contributed by atoms with Crippen LogP contribution in [0.4, 0.5) is 5.82 Å². The van der Waals surface area contributed by atoms with E-state index < -0.39 is 0 Å². The first kappa shape index (κ1) is 12.0. The number of carbonyl (C=O) groups is 1. The summed E-state index contributed by atoms with van der Waals surface area (Å²) in [6.45, 7) is 2.05. The number of nitrogen functional groups attached to an aromatic ring is 1. The second-order valence-corrected chi connectivity index (χ2v) is 3.56. The van der Waals surface area contributed by atoms with E-state index in [9.17, 15) is 4.79 Å². The summed E-state index contributed by atoms with van der Waals surface area (Å²) in [5.41, 5.74) is 3.18. The van der Waals surface area contributed by atoms with E-state index in [4.69, 9.17) is 10.4 Å². The number of nitrogens with one attached hydrogen (secondary N) is 2. The zero-order valence-corrected chi connectivity index (χ0v) is 9.67. The van der Waals surface area contributed by atoms with Crippen LogP contribution in [0.1, 0.15) is 21.9 Å². The largest absolute Gasteiger partial charge is 0.361 e. The maximum Gasteiger partial charge on any atom is 0.272 e. The predicted octanol–water partition coefficient (Wildman–Crippen LogP) is -0.0114. The van der Waals surface area contributed by atoms with Gasteiger partial charge in [0, 0.05) is 6.07 Å². The highest BCUT2D eigenvalue weighted by atomic mass is 16.5. The second kappa shape index (κ2) is 5.23. The normalized spacial score (nSPS) is 10.1. The lowest BCUT2D eigenvalue weighted by atomic mass is 10.3. The number of hydrogen-bond donors (Lipinski definition) is 3. The molecule has 0 aliphatic heterocycles. The molecular formula is C10H12N6O2. The third-order valence-electron chi connectivity index (χ3n) is 2.15. The SMILES string of the molecule is Cc1cc(CNC(=O)c2ccc(NN)nn2)no1. The Morgan fingerprint density at radius 2 is 2.28 bits per heavy atom. The van der Waals surface area contributed by atoms with E-state index in [1.165, 1.54) is 6.07 Å². The van der Waals surface area contributed by atoms with Crippen molar-refractivity contribution in [1.29, 1.82) is 0 Å². The fourth-order valence-corrected chi connectivity index (χ4v) is 1.29. The molecule has 4 N–H and O–H groups in total. The number of aryl methyl sites for hydroxylation is 1. The Hall–Kier alpha value is -2.48. The van der Waals surface area contributed by atoms with Crippen LogP contribution in [0.25, 0.3) is 0 Å². The molecule has 2 rings (SSSR count). The monoisotopic (exact) mass is 248 g/mol. The van der Waals surface area contributed by atoms with Crippen molar-refractivity contribution in [2.24, 2.45) is 5.84 Å². The molecule has 0 unspecified atom stereocenters. The first-order valence-corrected chi connectivity index (χ1v) is 5.20. The summed E-state index contributed by atoms with van der Waals surface area (Å²) in [4.78, 5) is 11.7. The van der Waals surface area contributed by atoms with Crippen LogP contribution in [0, 0.1) is 6.92 Å². The van der Waals surface area contributed by atoms with Crippen molar-refractivity contribution in [2.75, 3.05) is 5.43 Å². The average Bonchev–Trinajstić information content (AvgIpc) is 2.82. The standard InChI is InChI=1S/C10H12N6O2/c1-6-4-7(16-18-6)5-12-10(17)8-2-3-9(13-11)15-14-8/h2-4H,5,11H2,1H3,(H,12,17)(H,13,15). The number of nitrogens with two attached hydrogens (primary N) is 1. The number of carbonyl (C=O) groups excluding carboxylic acids is 1. The highest BCUT2D eigenvalue weighted by molar-refractivity contribution is 5.92. The molecule has 8 nitrogen and oxygen atoms in total. The molecule has 2 aromatic rings. The molecule has 0 saturated carbocycles. The molecule has 0 aromatic carbocycles. The first-order valence-electron chi connectivity index (χ1n) is 5.20. The Morgan fingerprint density at radius 3 is 2.83 bits per heavy atom. The molecule has 0 fully saturated rings. The fourth-order valence-electron chi connectivity index (χ4n) is 1.29. The quantitative estimate of drug-likeness (QED) is 0.514. The van der Waals surface area contributed by atoms with Crippen LogP contribution < -0.4 is 16.6 Å². The van der Waals surface area contributed by atoms with Crippen molar-refractivity contribution in [2.45, 2.75) is 13.5 Å². The third kappa shape index (κ3) is 2.80. The van der Waals surface area contributed by atoms with E-state index >= 15 is 0 Å². The molecule has 0 bridgehead atoms. The van der Waals surface area contributed by atoms with Crippen molar-refractivity contribution in [3.63, 3.8) is 0 Å². The van der Waals surface area contributed by atoms with Crippen molar-refractivity contribution in [3.8, 4) is 0 Å². The molecule has 8 heteroatoms. The minimum Gasteiger partial charge on any atom is -0.361 e. The number of rotatable bonds is 4. The number of aromatic nitrogens is 3. The topological polar surface area (TPSA) is 119 Å². The summed E-state index contributed by atoms with van der Waals surface area (Å²) >= 11 is 0. The minimum atomic E-state index is -0.341. The number of anilines is 1. The van der Waals surface area contributed by atoms with E-state index in [1.807, 2.05) is 0 Å². The molecule has 0 aliphatic rings. The van der Waals surface area contributed by atoms with E-state index in [1.54, 1.807) is 19.1 Å². The fraction of sp³-hybridized carbons (Fsp3) is 0.200. The molecule has 1 amide bonds. The maximum atomic E-state index is 11.7. The van der Waals surface area contributed by atoms with Crippen LogP contribution in [0.15, 0.2) is 22.7 Å². The Balaban J connectivity index is 1.94. The van der Waals surface area contributed by atoms with Gasteiger partial charge in [-0.2, -0.15) is 0 Å². The summed E-state index contributed by atoms with van der Waals surface area (Å²) in [6, 6.07) is 4.82. The molecule has 0 radical (unpaired) electrons. The van der Waals surface area contributed by atoms with E-state index in [-0.39, 0.29) is 18.1 Å². The van der Waals surface area contributed by atoms with Gasteiger partial charge in [-0.25, -0.2) is 5.84 Å². The third-order valence-corrected chi connectivity index (χ3v) is 2.15. The van der Waals surface area contributed by atoms with Gasteiger partial charge >= 0.3 is 0 Å². The Kier molecular flexibility index (Phi) is 3.49. The van der Waals surface area contributed by atoms with Gasteiger partial charge in [-0.1, -0.05) is 5.16 Å². The molecule has 0 spiro atoms.